The van der Waals surface area contributed by atoms with Crippen LogP contribution in [-0.2, 0) is 9.84 Å². The number of fused-ring (bicyclic) bond motifs is 1. The van der Waals surface area contributed by atoms with Gasteiger partial charge < -0.3 is 4.90 Å². The first-order chi connectivity index (χ1) is 13.5. The molecular formula is C22H22N2O3S. The second-order valence-corrected chi connectivity index (χ2v) is 8.77. The van der Waals surface area contributed by atoms with Crippen LogP contribution in [0.1, 0.15) is 21.5 Å². The van der Waals surface area contributed by atoms with Crippen LogP contribution in [0, 0.1) is 0 Å². The summed E-state index contributed by atoms with van der Waals surface area (Å²) in [5, 5.41) is 1.17. The summed E-state index contributed by atoms with van der Waals surface area (Å²) in [5.74, 6) is -0.0990. The average Bonchev–Trinajstić information content (AvgIpc) is 3.04. The molecule has 5 nitrogen and oxygen atoms in total. The fraction of sp³-hybridized carbons (Fsp3) is 0.227. The van der Waals surface area contributed by atoms with Gasteiger partial charge in [-0.3, -0.25) is 9.69 Å². The molecule has 0 unspecified atom stereocenters. The van der Waals surface area contributed by atoms with Gasteiger partial charge in [0.05, 0.1) is 4.90 Å². The topological polar surface area (TPSA) is 57.7 Å². The van der Waals surface area contributed by atoms with E-state index >= 15 is 0 Å². The summed E-state index contributed by atoms with van der Waals surface area (Å²) in [4.78, 5) is 17.3. The third kappa shape index (κ3) is 3.79. The highest BCUT2D eigenvalue weighted by Gasteiger charge is 2.28. The number of hydrogen-bond acceptors (Lipinski definition) is 4. The number of piperazine rings is 1. The van der Waals surface area contributed by atoms with E-state index in [9.17, 15) is 13.2 Å². The van der Waals surface area contributed by atoms with Gasteiger partial charge in [0.15, 0.2) is 9.84 Å². The minimum absolute atomic E-state index is 0.0990. The van der Waals surface area contributed by atoms with Crippen molar-refractivity contribution in [1.29, 1.82) is 0 Å². The Labute approximate surface area is 165 Å². The van der Waals surface area contributed by atoms with Gasteiger partial charge in [0.2, 0.25) is 0 Å². The fourth-order valence-corrected chi connectivity index (χ4v) is 4.80. The number of nitrogens with zero attached hydrogens (tertiary/aromatic N) is 2. The second-order valence-electron chi connectivity index (χ2n) is 6.97. The van der Waals surface area contributed by atoms with Gasteiger partial charge in [-0.05, 0) is 23.8 Å². The summed E-state index contributed by atoms with van der Waals surface area (Å²) in [7, 11) is -3.40. The molecule has 28 heavy (non-hydrogen) atoms. The van der Waals surface area contributed by atoms with Crippen molar-refractivity contribution in [2.75, 3.05) is 32.7 Å². The maximum atomic E-state index is 12.9. The van der Waals surface area contributed by atoms with Crippen LogP contribution in [0.5, 0.6) is 0 Å². The lowest BCUT2D eigenvalue weighted by Crippen LogP contribution is -2.48. The lowest BCUT2D eigenvalue weighted by Gasteiger charge is -2.34. The van der Waals surface area contributed by atoms with Gasteiger partial charge in [0, 0.05) is 49.3 Å². The number of amides is 1. The lowest BCUT2D eigenvalue weighted by molar-refractivity contribution is 0.0650. The highest BCUT2D eigenvalue weighted by Crippen LogP contribution is 2.30. The number of hydrogen-bond donors (Lipinski definition) is 0. The van der Waals surface area contributed by atoms with Gasteiger partial charge in [0.25, 0.3) is 5.91 Å². The zero-order valence-corrected chi connectivity index (χ0v) is 16.3. The number of rotatable bonds is 4. The van der Waals surface area contributed by atoms with Gasteiger partial charge >= 0.3 is 0 Å². The van der Waals surface area contributed by atoms with E-state index in [-0.39, 0.29) is 10.8 Å². The Balaban J connectivity index is 1.37. The monoisotopic (exact) mass is 394 g/mol. The molecule has 0 bridgehead atoms. The van der Waals surface area contributed by atoms with Gasteiger partial charge in [0.1, 0.15) is 0 Å². The first kappa shape index (κ1) is 18.7. The molecule has 1 amide bonds. The molecule has 0 atom stereocenters. The molecule has 2 aliphatic rings. The predicted molar refractivity (Wildman–Crippen MR) is 110 cm³/mol. The summed E-state index contributed by atoms with van der Waals surface area (Å²) in [6.45, 7) is 3.72. The third-order valence-corrected chi connectivity index (χ3v) is 6.61. The molecule has 0 spiro atoms. The molecule has 0 N–H and O–H groups in total. The van der Waals surface area contributed by atoms with E-state index in [4.69, 9.17) is 0 Å². The Morgan fingerprint density at radius 1 is 0.964 bits per heavy atom. The number of benzene rings is 2. The Kier molecular flexibility index (Phi) is 5.15. The van der Waals surface area contributed by atoms with E-state index in [0.29, 0.717) is 24.2 Å². The van der Waals surface area contributed by atoms with Crippen molar-refractivity contribution in [2.24, 2.45) is 0 Å². The number of sulfone groups is 1. The van der Waals surface area contributed by atoms with Crippen molar-refractivity contribution >= 4 is 27.9 Å². The zero-order valence-electron chi connectivity index (χ0n) is 15.5. The Bertz CT molecular complexity index is 1030. The Hall–Kier alpha value is -2.70. The van der Waals surface area contributed by atoms with Crippen LogP contribution >= 0.6 is 0 Å². The van der Waals surface area contributed by atoms with Gasteiger partial charge in [-0.15, -0.1) is 0 Å². The van der Waals surface area contributed by atoms with Crippen LogP contribution in [0.25, 0.3) is 12.2 Å². The first-order valence-corrected chi connectivity index (χ1v) is 10.9. The standard InChI is InChI=1S/C22H22N2O3S/c25-22(20-9-4-10-21-19(20)11-17-28(21,26)27)24-15-13-23(14-16-24)12-5-8-18-6-2-1-3-7-18/h1-11,17H,12-16H2/b8-5+. The summed E-state index contributed by atoms with van der Waals surface area (Å²) >= 11 is 0. The van der Waals surface area contributed by atoms with E-state index < -0.39 is 9.84 Å². The molecule has 2 aliphatic heterocycles. The molecule has 2 aromatic carbocycles. The largest absolute Gasteiger partial charge is 0.336 e. The lowest BCUT2D eigenvalue weighted by atomic mass is 10.1. The van der Waals surface area contributed by atoms with Crippen LogP contribution in [-0.4, -0.2) is 56.8 Å². The van der Waals surface area contributed by atoms with Crippen molar-refractivity contribution in [3.05, 3.63) is 76.7 Å². The molecule has 1 fully saturated rings. The molecule has 0 aliphatic carbocycles. The molecule has 6 heteroatoms. The van der Waals surface area contributed by atoms with Crippen molar-refractivity contribution in [2.45, 2.75) is 4.90 Å². The molecule has 2 aromatic rings. The smallest absolute Gasteiger partial charge is 0.254 e. The predicted octanol–water partition coefficient (Wildman–Crippen LogP) is 2.92. The summed E-state index contributed by atoms with van der Waals surface area (Å²) in [6.07, 6.45) is 5.78. The van der Waals surface area contributed by atoms with E-state index in [1.165, 1.54) is 17.0 Å². The van der Waals surface area contributed by atoms with Crippen molar-refractivity contribution in [1.82, 2.24) is 9.80 Å². The number of carbonyl (C=O) groups excluding carboxylic acids is 1. The Morgan fingerprint density at radius 2 is 1.71 bits per heavy atom. The van der Waals surface area contributed by atoms with Crippen molar-refractivity contribution in [3.8, 4) is 0 Å². The third-order valence-electron chi connectivity index (χ3n) is 5.15. The normalized spacial score (nSPS) is 18.5. The molecule has 0 saturated carbocycles. The fourth-order valence-electron chi connectivity index (χ4n) is 3.59. The highest BCUT2D eigenvalue weighted by atomic mass is 32.2. The van der Waals surface area contributed by atoms with Crippen LogP contribution < -0.4 is 0 Å². The molecule has 0 aromatic heterocycles. The van der Waals surface area contributed by atoms with E-state index in [1.807, 2.05) is 23.1 Å². The summed E-state index contributed by atoms with van der Waals surface area (Å²) < 4.78 is 24.1. The van der Waals surface area contributed by atoms with Gasteiger partial charge in [-0.1, -0.05) is 48.6 Å². The van der Waals surface area contributed by atoms with Crippen molar-refractivity contribution in [3.63, 3.8) is 0 Å². The number of carbonyl (C=O) groups is 1. The SMILES string of the molecule is O=C(c1cccc2c1C=CS2(=O)=O)N1CCN(C/C=C/c2ccccc2)CC1. The molecule has 1 saturated heterocycles. The second kappa shape index (κ2) is 7.73. The maximum Gasteiger partial charge on any atom is 0.254 e. The first-order valence-electron chi connectivity index (χ1n) is 9.34. The molecular weight excluding hydrogens is 372 g/mol. The Morgan fingerprint density at radius 3 is 2.46 bits per heavy atom. The van der Waals surface area contributed by atoms with Crippen molar-refractivity contribution < 1.29 is 13.2 Å². The van der Waals surface area contributed by atoms with Crippen LogP contribution in [0.2, 0.25) is 0 Å². The molecule has 0 radical (unpaired) electrons. The van der Waals surface area contributed by atoms with Gasteiger partial charge in [-0.2, -0.15) is 0 Å². The molecule has 144 valence electrons. The summed E-state index contributed by atoms with van der Waals surface area (Å²) in [5.41, 5.74) is 2.16. The zero-order chi connectivity index (χ0) is 19.6. The van der Waals surface area contributed by atoms with Crippen LogP contribution in [0.4, 0.5) is 0 Å². The molecule has 4 rings (SSSR count). The minimum Gasteiger partial charge on any atom is -0.336 e. The van der Waals surface area contributed by atoms with Crippen LogP contribution in [0.3, 0.4) is 0 Å². The highest BCUT2D eigenvalue weighted by molar-refractivity contribution is 7.94. The van der Waals surface area contributed by atoms with Crippen LogP contribution in [0.15, 0.2) is 64.9 Å². The summed E-state index contributed by atoms with van der Waals surface area (Å²) in [6, 6.07) is 15.1. The van der Waals surface area contributed by atoms with E-state index in [2.05, 4.69) is 29.2 Å². The minimum atomic E-state index is -3.40. The van der Waals surface area contributed by atoms with Gasteiger partial charge in [-0.25, -0.2) is 8.42 Å². The van der Waals surface area contributed by atoms with E-state index in [0.717, 1.165) is 19.6 Å². The maximum absolute atomic E-state index is 12.9. The van der Waals surface area contributed by atoms with E-state index in [1.54, 1.807) is 18.2 Å². The quantitative estimate of drug-likeness (QED) is 0.800. The molecule has 2 heterocycles. The average molecular weight is 394 g/mol.